The second-order valence-corrected chi connectivity index (χ2v) is 7.41. The molecule has 1 unspecified atom stereocenters. The molecule has 2 aromatic rings. The number of nitrogens with zero attached hydrogens (tertiary/aromatic N) is 1. The summed E-state index contributed by atoms with van der Waals surface area (Å²) in [5.41, 5.74) is 0.759. The van der Waals surface area contributed by atoms with E-state index >= 15 is 0 Å². The lowest BCUT2D eigenvalue weighted by atomic mass is 9.84. The van der Waals surface area contributed by atoms with Crippen molar-refractivity contribution in [3.05, 3.63) is 46.1 Å². The molecule has 0 spiro atoms. The largest absolute Gasteiger partial charge is 0.451 e. The first kappa shape index (κ1) is 16.0. The van der Waals surface area contributed by atoms with E-state index in [1.807, 2.05) is 0 Å². The maximum absolute atomic E-state index is 12.5. The molecule has 4 heterocycles. The van der Waals surface area contributed by atoms with Gasteiger partial charge in [0.2, 0.25) is 0 Å². The average molecular weight is 365 g/mol. The van der Waals surface area contributed by atoms with Gasteiger partial charge >= 0.3 is 0 Å². The first-order valence-corrected chi connectivity index (χ1v) is 8.93. The molecule has 0 aliphatic carbocycles. The molecule has 2 bridgehead atoms. The van der Waals surface area contributed by atoms with Gasteiger partial charge in [-0.2, -0.15) is 0 Å². The minimum atomic E-state index is -0.159. The summed E-state index contributed by atoms with van der Waals surface area (Å²) in [7, 11) is 0. The third-order valence-electron chi connectivity index (χ3n) is 4.95. The number of hydrogen-bond acceptors (Lipinski definition) is 3. The third kappa shape index (κ3) is 3.18. The maximum atomic E-state index is 12.5. The molecule has 1 atom stereocenters. The van der Waals surface area contributed by atoms with Crippen LogP contribution in [0.25, 0.3) is 11.3 Å². The molecule has 126 valence electrons. The monoisotopic (exact) mass is 364 g/mol. The van der Waals surface area contributed by atoms with Crippen LogP contribution < -0.4 is 5.32 Å². The number of nitrogens with one attached hydrogen (secondary N) is 1. The summed E-state index contributed by atoms with van der Waals surface area (Å²) in [4.78, 5) is 14.9. The van der Waals surface area contributed by atoms with Crippen molar-refractivity contribution in [2.75, 3.05) is 19.6 Å². The minimum absolute atomic E-state index is 0.159. The van der Waals surface area contributed by atoms with Gasteiger partial charge in [-0.25, -0.2) is 0 Å². The highest BCUT2D eigenvalue weighted by molar-refractivity contribution is 6.35. The van der Waals surface area contributed by atoms with E-state index in [2.05, 4.69) is 10.2 Å². The van der Waals surface area contributed by atoms with Crippen LogP contribution in [0.3, 0.4) is 0 Å². The predicted molar refractivity (Wildman–Crippen MR) is 94.6 cm³/mol. The number of fused-ring (bicyclic) bond motifs is 3. The van der Waals surface area contributed by atoms with Gasteiger partial charge in [-0.1, -0.05) is 23.2 Å². The summed E-state index contributed by atoms with van der Waals surface area (Å²) in [5, 5.41) is 4.20. The molecule has 3 fully saturated rings. The van der Waals surface area contributed by atoms with Crippen LogP contribution in [0.1, 0.15) is 23.4 Å². The lowest BCUT2D eigenvalue weighted by Crippen LogP contribution is -2.57. The molecular weight excluding hydrogens is 347 g/mol. The first-order valence-electron chi connectivity index (χ1n) is 8.18. The van der Waals surface area contributed by atoms with Gasteiger partial charge in [-0.3, -0.25) is 4.79 Å². The highest BCUT2D eigenvalue weighted by atomic mass is 35.5. The Morgan fingerprint density at radius 3 is 2.46 bits per heavy atom. The second-order valence-electron chi connectivity index (χ2n) is 6.54. The molecule has 1 aromatic carbocycles. The fourth-order valence-electron chi connectivity index (χ4n) is 3.68. The number of furan rings is 1. The number of amides is 1. The van der Waals surface area contributed by atoms with Crippen LogP contribution in [0.15, 0.2) is 34.7 Å². The fourth-order valence-corrected chi connectivity index (χ4v) is 4.21. The van der Waals surface area contributed by atoms with Gasteiger partial charge in [-0.05, 0) is 62.2 Å². The Morgan fingerprint density at radius 1 is 1.12 bits per heavy atom. The van der Waals surface area contributed by atoms with Crippen LogP contribution in [0, 0.1) is 5.92 Å². The number of hydrogen-bond donors (Lipinski definition) is 1. The van der Waals surface area contributed by atoms with Crippen LogP contribution >= 0.6 is 23.2 Å². The predicted octanol–water partition coefficient (Wildman–Crippen LogP) is 4.08. The Balaban J connectivity index is 1.49. The zero-order chi connectivity index (χ0) is 16.7. The van der Waals surface area contributed by atoms with Crippen LogP contribution in [0.4, 0.5) is 0 Å². The van der Waals surface area contributed by atoms with Crippen LogP contribution in [-0.2, 0) is 0 Å². The first-order chi connectivity index (χ1) is 11.6. The van der Waals surface area contributed by atoms with E-state index in [4.69, 9.17) is 27.6 Å². The Labute approximate surface area is 150 Å². The summed E-state index contributed by atoms with van der Waals surface area (Å²) in [6.07, 6.45) is 2.32. The molecular formula is C18H18Cl2N2O2. The van der Waals surface area contributed by atoms with Gasteiger partial charge in [-0.15, -0.1) is 0 Å². The molecule has 3 saturated heterocycles. The zero-order valence-corrected chi connectivity index (χ0v) is 14.6. The Bertz CT molecular complexity index is 746. The number of piperidine rings is 3. The van der Waals surface area contributed by atoms with Crippen LogP contribution in [0.2, 0.25) is 10.0 Å². The molecule has 5 rings (SSSR count). The van der Waals surface area contributed by atoms with E-state index in [9.17, 15) is 4.79 Å². The van der Waals surface area contributed by atoms with E-state index in [0.717, 1.165) is 38.0 Å². The van der Waals surface area contributed by atoms with Crippen molar-refractivity contribution in [1.29, 1.82) is 0 Å². The lowest BCUT2D eigenvalue weighted by molar-refractivity contribution is 0.0606. The number of rotatable bonds is 3. The highest BCUT2D eigenvalue weighted by Gasteiger charge is 2.35. The average Bonchev–Trinajstić information content (AvgIpc) is 3.05. The van der Waals surface area contributed by atoms with E-state index in [-0.39, 0.29) is 11.9 Å². The number of carbonyl (C=O) groups is 1. The van der Waals surface area contributed by atoms with Crippen molar-refractivity contribution >= 4 is 29.1 Å². The molecule has 24 heavy (non-hydrogen) atoms. The standard InChI is InChI=1S/C18H18Cl2N2O2/c19-13-7-12(8-14(20)9-13)16-1-2-17(24-16)18(23)21-15-10-22-5-3-11(15)4-6-22/h1-2,7-9,11,15H,3-6,10H2,(H,21,23). The van der Waals surface area contributed by atoms with Gasteiger partial charge in [0.15, 0.2) is 5.76 Å². The normalized spacial score (nSPS) is 25.7. The summed E-state index contributed by atoms with van der Waals surface area (Å²) in [6.45, 7) is 3.24. The minimum Gasteiger partial charge on any atom is -0.451 e. The quantitative estimate of drug-likeness (QED) is 0.892. The number of carbonyl (C=O) groups excluding carboxylic acids is 1. The van der Waals surface area contributed by atoms with Gasteiger partial charge in [0.05, 0.1) is 0 Å². The van der Waals surface area contributed by atoms with Crippen molar-refractivity contribution < 1.29 is 9.21 Å². The Morgan fingerprint density at radius 2 is 1.83 bits per heavy atom. The van der Waals surface area contributed by atoms with Gasteiger partial charge in [0.1, 0.15) is 5.76 Å². The van der Waals surface area contributed by atoms with Crippen LogP contribution in [0.5, 0.6) is 0 Å². The van der Waals surface area contributed by atoms with Crippen LogP contribution in [-0.4, -0.2) is 36.5 Å². The molecule has 0 saturated carbocycles. The Hall–Kier alpha value is -1.49. The second kappa shape index (κ2) is 6.43. The third-order valence-corrected chi connectivity index (χ3v) is 5.39. The van der Waals surface area contributed by atoms with Gasteiger partial charge in [0.25, 0.3) is 5.91 Å². The van der Waals surface area contributed by atoms with Crippen molar-refractivity contribution in [3.8, 4) is 11.3 Å². The van der Waals surface area contributed by atoms with Gasteiger partial charge in [0, 0.05) is 28.2 Å². The van der Waals surface area contributed by atoms with E-state index in [0.29, 0.717) is 27.5 Å². The Kier molecular flexibility index (Phi) is 4.29. The number of halogens is 2. The van der Waals surface area contributed by atoms with Gasteiger partial charge < -0.3 is 14.6 Å². The zero-order valence-electron chi connectivity index (χ0n) is 13.1. The van der Waals surface area contributed by atoms with Crippen molar-refractivity contribution in [3.63, 3.8) is 0 Å². The van der Waals surface area contributed by atoms with E-state index in [1.165, 1.54) is 0 Å². The summed E-state index contributed by atoms with van der Waals surface area (Å²) >= 11 is 12.0. The summed E-state index contributed by atoms with van der Waals surface area (Å²) in [6, 6.07) is 8.88. The summed E-state index contributed by atoms with van der Waals surface area (Å²) in [5.74, 6) is 1.32. The smallest absolute Gasteiger partial charge is 0.287 e. The SMILES string of the molecule is O=C(NC1CN2CCC1CC2)c1ccc(-c2cc(Cl)cc(Cl)c2)o1. The molecule has 4 nitrogen and oxygen atoms in total. The topological polar surface area (TPSA) is 45.5 Å². The lowest BCUT2D eigenvalue weighted by Gasteiger charge is -2.44. The van der Waals surface area contributed by atoms with E-state index in [1.54, 1.807) is 30.3 Å². The van der Waals surface area contributed by atoms with Crippen molar-refractivity contribution in [2.24, 2.45) is 5.92 Å². The molecule has 0 radical (unpaired) electrons. The molecule has 3 aliphatic rings. The molecule has 6 heteroatoms. The molecule has 3 aliphatic heterocycles. The molecule has 1 aromatic heterocycles. The molecule has 1 amide bonds. The maximum Gasteiger partial charge on any atom is 0.287 e. The fraction of sp³-hybridized carbons (Fsp3) is 0.389. The van der Waals surface area contributed by atoms with Crippen molar-refractivity contribution in [1.82, 2.24) is 10.2 Å². The van der Waals surface area contributed by atoms with E-state index < -0.39 is 0 Å². The number of benzene rings is 1. The highest BCUT2D eigenvalue weighted by Crippen LogP contribution is 2.30. The molecule has 1 N–H and O–H groups in total. The summed E-state index contributed by atoms with van der Waals surface area (Å²) < 4.78 is 5.72. The van der Waals surface area contributed by atoms with Crippen molar-refractivity contribution in [2.45, 2.75) is 18.9 Å².